The van der Waals surface area contributed by atoms with Crippen molar-refractivity contribution in [2.75, 3.05) is 18.4 Å². The molecule has 96 valence electrons. The summed E-state index contributed by atoms with van der Waals surface area (Å²) in [6.45, 7) is 4.18. The summed E-state index contributed by atoms with van der Waals surface area (Å²) in [6.07, 6.45) is -4.47. The van der Waals surface area contributed by atoms with Crippen LogP contribution >= 0.6 is 0 Å². The van der Waals surface area contributed by atoms with Crippen LogP contribution in [0.3, 0.4) is 0 Å². The Morgan fingerprint density at radius 2 is 2.00 bits per heavy atom. The molecule has 1 heterocycles. The molecule has 0 unspecified atom stereocenters. The molecule has 0 aliphatic rings. The van der Waals surface area contributed by atoms with E-state index in [1.165, 1.54) is 0 Å². The third-order valence-electron chi connectivity index (χ3n) is 2.06. The number of hydrogen-bond acceptors (Lipinski definition) is 4. The minimum absolute atomic E-state index is 0.0334. The average Bonchev–Trinajstić information content (AvgIpc) is 2.24. The Balaban J connectivity index is 3.10. The van der Waals surface area contributed by atoms with Crippen LogP contribution in [0.1, 0.15) is 31.2 Å². The fourth-order valence-corrected chi connectivity index (χ4v) is 1.17. The number of aromatic nitrogens is 2. The normalized spacial score (nSPS) is 11.9. The number of nitrogens with one attached hydrogen (secondary N) is 1. The summed E-state index contributed by atoms with van der Waals surface area (Å²) in [5, 5.41) is 2.65. The Kier molecular flexibility index (Phi) is 4.28. The zero-order chi connectivity index (χ0) is 13.1. The quantitative estimate of drug-likeness (QED) is 0.855. The standard InChI is InChI=1S/C10H15F3N4/c1-6(2)7-5-8(10(11,12)13)17-9(16-7)15-4-3-14/h5-6H,3-4,14H2,1-2H3,(H,15,16,17). The van der Waals surface area contributed by atoms with E-state index in [-0.39, 0.29) is 11.9 Å². The number of hydrogen-bond donors (Lipinski definition) is 2. The van der Waals surface area contributed by atoms with Crippen LogP contribution in [0.25, 0.3) is 0 Å². The van der Waals surface area contributed by atoms with Crippen LogP contribution in [0.5, 0.6) is 0 Å². The second kappa shape index (κ2) is 5.31. The van der Waals surface area contributed by atoms with E-state index in [9.17, 15) is 13.2 Å². The highest BCUT2D eigenvalue weighted by Gasteiger charge is 2.33. The topological polar surface area (TPSA) is 63.8 Å². The molecule has 0 amide bonds. The Bertz CT molecular complexity index is 376. The van der Waals surface area contributed by atoms with Gasteiger partial charge in [-0.05, 0) is 12.0 Å². The Morgan fingerprint density at radius 3 is 2.47 bits per heavy atom. The largest absolute Gasteiger partial charge is 0.433 e. The molecule has 0 atom stereocenters. The molecule has 3 N–H and O–H groups in total. The molecule has 0 aliphatic heterocycles. The molecule has 0 bridgehead atoms. The lowest BCUT2D eigenvalue weighted by molar-refractivity contribution is -0.141. The highest BCUT2D eigenvalue weighted by molar-refractivity contribution is 5.30. The first-order valence-corrected chi connectivity index (χ1v) is 5.24. The summed E-state index contributed by atoms with van der Waals surface area (Å²) in [5.74, 6) is -0.133. The van der Waals surface area contributed by atoms with E-state index in [0.29, 0.717) is 18.8 Å². The molecule has 0 saturated heterocycles. The van der Waals surface area contributed by atoms with Gasteiger partial charge >= 0.3 is 6.18 Å². The fourth-order valence-electron chi connectivity index (χ4n) is 1.17. The lowest BCUT2D eigenvalue weighted by Gasteiger charge is -2.12. The zero-order valence-electron chi connectivity index (χ0n) is 9.67. The summed E-state index contributed by atoms with van der Waals surface area (Å²) in [4.78, 5) is 7.43. The zero-order valence-corrected chi connectivity index (χ0v) is 9.67. The SMILES string of the molecule is CC(C)c1cc(C(F)(F)F)nc(NCCN)n1. The predicted molar refractivity (Wildman–Crippen MR) is 58.7 cm³/mol. The van der Waals surface area contributed by atoms with Gasteiger partial charge in [0.25, 0.3) is 0 Å². The molecule has 0 saturated carbocycles. The summed E-state index contributed by atoms with van der Waals surface area (Å²) < 4.78 is 37.8. The van der Waals surface area contributed by atoms with E-state index < -0.39 is 11.9 Å². The van der Waals surface area contributed by atoms with E-state index in [1.807, 2.05) is 0 Å². The summed E-state index contributed by atoms with van der Waals surface area (Å²) in [5.41, 5.74) is 4.68. The van der Waals surface area contributed by atoms with Gasteiger partial charge in [0.2, 0.25) is 5.95 Å². The molecular weight excluding hydrogens is 233 g/mol. The van der Waals surface area contributed by atoms with Gasteiger partial charge in [-0.15, -0.1) is 0 Å². The number of rotatable bonds is 4. The van der Waals surface area contributed by atoms with Crippen molar-refractivity contribution < 1.29 is 13.2 Å². The van der Waals surface area contributed by atoms with Gasteiger partial charge in [-0.2, -0.15) is 13.2 Å². The number of nitrogens with zero attached hydrogens (tertiary/aromatic N) is 2. The minimum atomic E-state index is -4.47. The van der Waals surface area contributed by atoms with Crippen molar-refractivity contribution in [3.05, 3.63) is 17.5 Å². The molecule has 1 rings (SSSR count). The van der Waals surface area contributed by atoms with Gasteiger partial charge in [0.05, 0.1) is 0 Å². The van der Waals surface area contributed by atoms with Gasteiger partial charge in [-0.1, -0.05) is 13.8 Å². The summed E-state index contributed by atoms with van der Waals surface area (Å²) in [6, 6.07) is 0.971. The van der Waals surface area contributed by atoms with Crippen molar-refractivity contribution in [2.45, 2.75) is 25.9 Å². The minimum Gasteiger partial charge on any atom is -0.353 e. The Hall–Kier alpha value is -1.37. The molecule has 7 heteroatoms. The van der Waals surface area contributed by atoms with E-state index in [0.717, 1.165) is 6.07 Å². The first kappa shape index (κ1) is 13.7. The van der Waals surface area contributed by atoms with E-state index in [2.05, 4.69) is 15.3 Å². The van der Waals surface area contributed by atoms with E-state index in [1.54, 1.807) is 13.8 Å². The second-order valence-corrected chi connectivity index (χ2v) is 3.87. The van der Waals surface area contributed by atoms with Crippen molar-refractivity contribution in [3.63, 3.8) is 0 Å². The van der Waals surface area contributed by atoms with Crippen LogP contribution in [0.2, 0.25) is 0 Å². The molecule has 17 heavy (non-hydrogen) atoms. The van der Waals surface area contributed by atoms with Crippen molar-refractivity contribution in [1.82, 2.24) is 9.97 Å². The maximum atomic E-state index is 12.6. The van der Waals surface area contributed by atoms with E-state index in [4.69, 9.17) is 5.73 Å². The van der Waals surface area contributed by atoms with Gasteiger partial charge in [0.15, 0.2) is 0 Å². The van der Waals surface area contributed by atoms with Crippen LogP contribution < -0.4 is 11.1 Å². The molecule has 0 aromatic carbocycles. The van der Waals surface area contributed by atoms with Gasteiger partial charge in [-0.3, -0.25) is 0 Å². The Morgan fingerprint density at radius 1 is 1.35 bits per heavy atom. The molecule has 1 aromatic rings. The monoisotopic (exact) mass is 248 g/mol. The maximum Gasteiger partial charge on any atom is 0.433 e. The third kappa shape index (κ3) is 3.85. The molecule has 0 fully saturated rings. The highest BCUT2D eigenvalue weighted by atomic mass is 19.4. The lowest BCUT2D eigenvalue weighted by atomic mass is 10.1. The third-order valence-corrected chi connectivity index (χ3v) is 2.06. The van der Waals surface area contributed by atoms with Crippen LogP contribution in [0.4, 0.5) is 19.1 Å². The average molecular weight is 248 g/mol. The second-order valence-electron chi connectivity index (χ2n) is 3.87. The molecule has 4 nitrogen and oxygen atoms in total. The van der Waals surface area contributed by atoms with Gasteiger partial charge in [0, 0.05) is 18.8 Å². The summed E-state index contributed by atoms with van der Waals surface area (Å²) in [7, 11) is 0. The van der Waals surface area contributed by atoms with Crippen LogP contribution in [0, 0.1) is 0 Å². The number of nitrogens with two attached hydrogens (primary N) is 1. The first-order chi connectivity index (χ1) is 7.84. The van der Waals surface area contributed by atoms with Gasteiger partial charge < -0.3 is 11.1 Å². The number of alkyl halides is 3. The first-order valence-electron chi connectivity index (χ1n) is 5.24. The molecule has 0 aliphatic carbocycles. The van der Waals surface area contributed by atoms with Crippen molar-refractivity contribution >= 4 is 5.95 Å². The van der Waals surface area contributed by atoms with Gasteiger partial charge in [0.1, 0.15) is 5.69 Å². The smallest absolute Gasteiger partial charge is 0.353 e. The molecular formula is C10H15F3N4. The molecule has 0 radical (unpaired) electrons. The number of anilines is 1. The van der Waals surface area contributed by atoms with Crippen LogP contribution in [-0.2, 0) is 6.18 Å². The van der Waals surface area contributed by atoms with Crippen molar-refractivity contribution in [3.8, 4) is 0 Å². The van der Waals surface area contributed by atoms with Gasteiger partial charge in [-0.25, -0.2) is 9.97 Å². The highest BCUT2D eigenvalue weighted by Crippen LogP contribution is 2.29. The van der Waals surface area contributed by atoms with Crippen LogP contribution in [-0.4, -0.2) is 23.1 Å². The molecule has 1 aromatic heterocycles. The van der Waals surface area contributed by atoms with E-state index >= 15 is 0 Å². The fraction of sp³-hybridized carbons (Fsp3) is 0.600. The van der Waals surface area contributed by atoms with Crippen molar-refractivity contribution in [2.24, 2.45) is 5.73 Å². The summed E-state index contributed by atoms with van der Waals surface area (Å²) >= 11 is 0. The Labute approximate surface area is 97.4 Å². The number of halogens is 3. The predicted octanol–water partition coefficient (Wildman–Crippen LogP) is 1.99. The molecule has 0 spiro atoms. The maximum absolute atomic E-state index is 12.6. The van der Waals surface area contributed by atoms with Crippen LogP contribution in [0.15, 0.2) is 6.07 Å². The lowest BCUT2D eigenvalue weighted by Crippen LogP contribution is -2.18. The van der Waals surface area contributed by atoms with Crippen molar-refractivity contribution in [1.29, 1.82) is 0 Å².